The predicted molar refractivity (Wildman–Crippen MR) is 57.4 cm³/mol. The molecule has 4 heteroatoms. The molecule has 0 bridgehead atoms. The number of carbonyl (C=O) groups excluding carboxylic acids is 1. The number of aliphatic hydroxyl groups is 1. The van der Waals surface area contributed by atoms with E-state index in [0.29, 0.717) is 13.2 Å². The molecule has 1 fully saturated rings. The van der Waals surface area contributed by atoms with Crippen LogP contribution in [0, 0.1) is 11.8 Å². The molecular weight excluding hydrogens is 194 g/mol. The molecule has 0 spiro atoms. The molecule has 4 nitrogen and oxygen atoms in total. The molecule has 1 rings (SSSR count). The summed E-state index contributed by atoms with van der Waals surface area (Å²) >= 11 is 0. The van der Waals surface area contributed by atoms with Crippen molar-refractivity contribution in [3.63, 3.8) is 0 Å². The highest BCUT2D eigenvalue weighted by Crippen LogP contribution is 2.19. The van der Waals surface area contributed by atoms with Gasteiger partial charge in [-0.3, -0.25) is 4.79 Å². The van der Waals surface area contributed by atoms with Crippen molar-refractivity contribution in [3.05, 3.63) is 0 Å². The highest BCUT2D eigenvalue weighted by atomic mass is 16.5. The Morgan fingerprint density at radius 1 is 1.60 bits per heavy atom. The second-order valence-corrected chi connectivity index (χ2v) is 4.61. The van der Waals surface area contributed by atoms with Gasteiger partial charge in [0.1, 0.15) is 6.10 Å². The maximum atomic E-state index is 11.6. The lowest BCUT2D eigenvalue weighted by Crippen LogP contribution is -2.42. The fourth-order valence-corrected chi connectivity index (χ4v) is 1.57. The van der Waals surface area contributed by atoms with Crippen LogP contribution in [0.2, 0.25) is 0 Å². The first kappa shape index (κ1) is 12.5. The number of carbonyl (C=O) groups is 1. The second-order valence-electron chi connectivity index (χ2n) is 4.61. The summed E-state index contributed by atoms with van der Waals surface area (Å²) in [6, 6.07) is 0. The van der Waals surface area contributed by atoms with Crippen LogP contribution in [0.5, 0.6) is 0 Å². The third-order valence-corrected chi connectivity index (χ3v) is 2.90. The number of aliphatic hydroxyl groups excluding tert-OH is 1. The van der Waals surface area contributed by atoms with E-state index in [-0.39, 0.29) is 23.8 Å². The molecule has 1 heterocycles. The molecule has 1 aliphatic rings. The van der Waals surface area contributed by atoms with Gasteiger partial charge in [0.15, 0.2) is 0 Å². The van der Waals surface area contributed by atoms with Crippen LogP contribution in [0.4, 0.5) is 0 Å². The molecule has 0 aliphatic carbocycles. The third-order valence-electron chi connectivity index (χ3n) is 2.90. The summed E-state index contributed by atoms with van der Waals surface area (Å²) in [6.07, 6.45) is 0.125. The monoisotopic (exact) mass is 215 g/mol. The fraction of sp³-hybridized carbons (Fsp3) is 0.909. The summed E-state index contributed by atoms with van der Waals surface area (Å²) in [4.78, 5) is 11.6. The zero-order valence-corrected chi connectivity index (χ0v) is 9.69. The van der Waals surface area contributed by atoms with E-state index in [1.807, 2.05) is 20.8 Å². The first-order chi connectivity index (χ1) is 7.02. The number of hydrogen-bond donors (Lipinski definition) is 2. The molecule has 1 saturated heterocycles. The Balaban J connectivity index is 2.29. The number of rotatable bonds is 4. The number of nitrogens with one attached hydrogen (secondary N) is 1. The average Bonchev–Trinajstić information content (AvgIpc) is 2.60. The summed E-state index contributed by atoms with van der Waals surface area (Å²) in [7, 11) is 0. The second kappa shape index (κ2) is 5.47. The van der Waals surface area contributed by atoms with E-state index in [1.165, 1.54) is 0 Å². The molecule has 0 saturated carbocycles. The van der Waals surface area contributed by atoms with E-state index in [2.05, 4.69) is 5.32 Å². The molecule has 15 heavy (non-hydrogen) atoms. The summed E-state index contributed by atoms with van der Waals surface area (Å²) in [5.41, 5.74) is 0. The van der Waals surface area contributed by atoms with Crippen molar-refractivity contribution in [3.8, 4) is 0 Å². The van der Waals surface area contributed by atoms with Gasteiger partial charge in [-0.15, -0.1) is 0 Å². The van der Waals surface area contributed by atoms with Crippen molar-refractivity contribution < 1.29 is 14.6 Å². The van der Waals surface area contributed by atoms with E-state index >= 15 is 0 Å². The Hall–Kier alpha value is -0.610. The SMILES string of the molecule is CC(C)C(O)CNC(=O)C1OCCC1C. The largest absolute Gasteiger partial charge is 0.391 e. The minimum Gasteiger partial charge on any atom is -0.391 e. The van der Waals surface area contributed by atoms with Gasteiger partial charge in [0.2, 0.25) is 5.91 Å². The maximum Gasteiger partial charge on any atom is 0.249 e. The Morgan fingerprint density at radius 3 is 2.73 bits per heavy atom. The quantitative estimate of drug-likeness (QED) is 0.720. The van der Waals surface area contributed by atoms with Crippen LogP contribution in [0.25, 0.3) is 0 Å². The summed E-state index contributed by atoms with van der Waals surface area (Å²) in [5, 5.41) is 12.3. The molecule has 88 valence electrons. The molecule has 1 amide bonds. The number of amides is 1. The molecule has 0 radical (unpaired) electrons. The van der Waals surface area contributed by atoms with Crippen molar-refractivity contribution in [2.75, 3.05) is 13.2 Å². The van der Waals surface area contributed by atoms with E-state index in [1.54, 1.807) is 0 Å². The minimum atomic E-state index is -0.481. The van der Waals surface area contributed by atoms with Gasteiger partial charge in [-0.05, 0) is 18.3 Å². The van der Waals surface area contributed by atoms with Crippen molar-refractivity contribution >= 4 is 5.91 Å². The van der Waals surface area contributed by atoms with Gasteiger partial charge in [-0.25, -0.2) is 0 Å². The Kier molecular flexibility index (Phi) is 4.54. The lowest BCUT2D eigenvalue weighted by molar-refractivity contribution is -0.132. The summed E-state index contributed by atoms with van der Waals surface area (Å²) < 4.78 is 5.33. The molecule has 1 aliphatic heterocycles. The van der Waals surface area contributed by atoms with Crippen LogP contribution in [0.3, 0.4) is 0 Å². The minimum absolute atomic E-state index is 0.0975. The fourth-order valence-electron chi connectivity index (χ4n) is 1.57. The Morgan fingerprint density at radius 2 is 2.27 bits per heavy atom. The lowest BCUT2D eigenvalue weighted by Gasteiger charge is -2.18. The van der Waals surface area contributed by atoms with Crippen LogP contribution in [-0.2, 0) is 9.53 Å². The average molecular weight is 215 g/mol. The lowest BCUT2D eigenvalue weighted by atomic mass is 10.0. The normalized spacial score (nSPS) is 28.1. The molecular formula is C11H21NO3. The highest BCUT2D eigenvalue weighted by molar-refractivity contribution is 5.81. The molecule has 3 atom stereocenters. The number of ether oxygens (including phenoxy) is 1. The summed E-state index contributed by atoms with van der Waals surface area (Å²) in [5.74, 6) is 0.341. The highest BCUT2D eigenvalue weighted by Gasteiger charge is 2.30. The van der Waals surface area contributed by atoms with E-state index in [4.69, 9.17) is 4.74 Å². The first-order valence-corrected chi connectivity index (χ1v) is 5.59. The zero-order chi connectivity index (χ0) is 11.4. The predicted octanol–water partition coefficient (Wildman–Crippen LogP) is 0.544. The smallest absolute Gasteiger partial charge is 0.249 e. The van der Waals surface area contributed by atoms with Crippen molar-refractivity contribution in [1.82, 2.24) is 5.32 Å². The van der Waals surface area contributed by atoms with Gasteiger partial charge in [0.05, 0.1) is 6.10 Å². The van der Waals surface area contributed by atoms with Crippen molar-refractivity contribution in [1.29, 1.82) is 0 Å². The van der Waals surface area contributed by atoms with Gasteiger partial charge in [-0.2, -0.15) is 0 Å². The van der Waals surface area contributed by atoms with Crippen LogP contribution < -0.4 is 5.32 Å². The van der Waals surface area contributed by atoms with Gasteiger partial charge in [0, 0.05) is 13.2 Å². The third kappa shape index (κ3) is 3.47. The van der Waals surface area contributed by atoms with E-state index in [9.17, 15) is 9.90 Å². The van der Waals surface area contributed by atoms with Gasteiger partial charge in [0.25, 0.3) is 0 Å². The standard InChI is InChI=1S/C11H21NO3/c1-7(2)9(13)6-12-11(14)10-8(3)4-5-15-10/h7-10,13H,4-6H2,1-3H3,(H,12,14). The topological polar surface area (TPSA) is 58.6 Å². The van der Waals surface area contributed by atoms with E-state index in [0.717, 1.165) is 6.42 Å². The zero-order valence-electron chi connectivity index (χ0n) is 9.69. The van der Waals surface area contributed by atoms with E-state index < -0.39 is 6.10 Å². The molecule has 3 unspecified atom stereocenters. The van der Waals surface area contributed by atoms with Crippen molar-refractivity contribution in [2.45, 2.75) is 39.4 Å². The summed E-state index contributed by atoms with van der Waals surface area (Å²) in [6.45, 7) is 6.82. The van der Waals surface area contributed by atoms with Gasteiger partial charge in [-0.1, -0.05) is 20.8 Å². The van der Waals surface area contributed by atoms with Crippen LogP contribution in [0.1, 0.15) is 27.2 Å². The van der Waals surface area contributed by atoms with Gasteiger partial charge >= 0.3 is 0 Å². The van der Waals surface area contributed by atoms with Crippen LogP contribution in [0.15, 0.2) is 0 Å². The first-order valence-electron chi connectivity index (χ1n) is 5.59. The van der Waals surface area contributed by atoms with Gasteiger partial charge < -0.3 is 15.2 Å². The Labute approximate surface area is 91.0 Å². The Bertz CT molecular complexity index is 218. The molecule has 0 aromatic rings. The maximum absolute atomic E-state index is 11.6. The van der Waals surface area contributed by atoms with Crippen LogP contribution >= 0.6 is 0 Å². The number of hydrogen-bond acceptors (Lipinski definition) is 3. The van der Waals surface area contributed by atoms with Crippen LogP contribution in [-0.4, -0.2) is 36.4 Å². The van der Waals surface area contributed by atoms with Crippen molar-refractivity contribution in [2.24, 2.45) is 11.8 Å². The molecule has 2 N–H and O–H groups in total. The molecule has 0 aromatic heterocycles. The molecule has 0 aromatic carbocycles.